The number of nitrogens with one attached hydrogen (secondary N) is 1. The SMILES string of the molecule is CCN(CC(=O)Nc1cc(Cl)ccc1OC)Cc1cccs1. The molecular weight excluding hydrogens is 320 g/mol. The van der Waals surface area contributed by atoms with E-state index in [1.807, 2.05) is 18.4 Å². The Morgan fingerprint density at radius 3 is 2.86 bits per heavy atom. The Morgan fingerprint density at radius 2 is 2.23 bits per heavy atom. The lowest BCUT2D eigenvalue weighted by atomic mass is 10.3. The van der Waals surface area contributed by atoms with Gasteiger partial charge in [-0.1, -0.05) is 24.6 Å². The summed E-state index contributed by atoms with van der Waals surface area (Å²) in [6.45, 7) is 3.94. The van der Waals surface area contributed by atoms with Crippen LogP contribution in [0.2, 0.25) is 5.02 Å². The average molecular weight is 339 g/mol. The lowest BCUT2D eigenvalue weighted by Crippen LogP contribution is -2.32. The van der Waals surface area contributed by atoms with Crippen LogP contribution in [-0.2, 0) is 11.3 Å². The molecule has 1 heterocycles. The Morgan fingerprint density at radius 1 is 1.41 bits per heavy atom. The molecule has 1 aromatic heterocycles. The number of hydrogen-bond donors (Lipinski definition) is 1. The van der Waals surface area contributed by atoms with Gasteiger partial charge in [0, 0.05) is 16.4 Å². The van der Waals surface area contributed by atoms with Gasteiger partial charge in [0.1, 0.15) is 5.75 Å². The van der Waals surface area contributed by atoms with Crippen molar-refractivity contribution < 1.29 is 9.53 Å². The molecule has 0 radical (unpaired) electrons. The Bertz CT molecular complexity index is 617. The van der Waals surface area contributed by atoms with Crippen molar-refractivity contribution >= 4 is 34.5 Å². The molecule has 1 aromatic carbocycles. The monoisotopic (exact) mass is 338 g/mol. The smallest absolute Gasteiger partial charge is 0.238 e. The maximum atomic E-state index is 12.2. The van der Waals surface area contributed by atoms with Crippen LogP contribution in [0.1, 0.15) is 11.8 Å². The largest absolute Gasteiger partial charge is 0.495 e. The van der Waals surface area contributed by atoms with Gasteiger partial charge in [-0.2, -0.15) is 0 Å². The van der Waals surface area contributed by atoms with Gasteiger partial charge in [-0.25, -0.2) is 0 Å². The number of nitrogens with zero attached hydrogens (tertiary/aromatic N) is 1. The normalized spacial score (nSPS) is 10.7. The van der Waals surface area contributed by atoms with Gasteiger partial charge in [0.25, 0.3) is 0 Å². The number of halogens is 1. The van der Waals surface area contributed by atoms with Crippen molar-refractivity contribution in [1.29, 1.82) is 0 Å². The van der Waals surface area contributed by atoms with Crippen molar-refractivity contribution in [3.63, 3.8) is 0 Å². The lowest BCUT2D eigenvalue weighted by molar-refractivity contribution is -0.117. The van der Waals surface area contributed by atoms with Crippen LogP contribution in [0.15, 0.2) is 35.7 Å². The third-order valence-electron chi connectivity index (χ3n) is 3.21. The van der Waals surface area contributed by atoms with E-state index in [1.165, 1.54) is 4.88 Å². The van der Waals surface area contributed by atoms with Gasteiger partial charge in [0.2, 0.25) is 5.91 Å². The molecule has 0 aliphatic rings. The van der Waals surface area contributed by atoms with Gasteiger partial charge in [-0.15, -0.1) is 11.3 Å². The zero-order valence-corrected chi connectivity index (χ0v) is 14.2. The number of benzene rings is 1. The van der Waals surface area contributed by atoms with Crippen LogP contribution >= 0.6 is 22.9 Å². The molecule has 2 rings (SSSR count). The maximum absolute atomic E-state index is 12.2. The van der Waals surface area contributed by atoms with Crippen molar-refractivity contribution in [3.05, 3.63) is 45.6 Å². The number of hydrogen-bond acceptors (Lipinski definition) is 4. The molecule has 118 valence electrons. The van der Waals surface area contributed by atoms with E-state index in [9.17, 15) is 4.79 Å². The first-order chi connectivity index (χ1) is 10.6. The van der Waals surface area contributed by atoms with Gasteiger partial charge in [0.15, 0.2) is 0 Å². The van der Waals surface area contributed by atoms with Crippen LogP contribution in [0.4, 0.5) is 5.69 Å². The minimum absolute atomic E-state index is 0.0843. The number of carbonyl (C=O) groups is 1. The molecule has 2 aromatic rings. The number of rotatable bonds is 7. The van der Waals surface area contributed by atoms with Gasteiger partial charge in [-0.3, -0.25) is 9.69 Å². The van der Waals surface area contributed by atoms with Crippen molar-refractivity contribution in [3.8, 4) is 5.75 Å². The number of amides is 1. The molecule has 0 unspecified atom stereocenters. The number of ether oxygens (including phenoxy) is 1. The summed E-state index contributed by atoms with van der Waals surface area (Å²) in [5.41, 5.74) is 0.590. The predicted octanol–water partition coefficient (Wildman–Crippen LogP) is 3.87. The van der Waals surface area contributed by atoms with E-state index >= 15 is 0 Å². The third kappa shape index (κ3) is 4.73. The van der Waals surface area contributed by atoms with Gasteiger partial charge >= 0.3 is 0 Å². The number of anilines is 1. The molecule has 0 spiro atoms. The molecule has 1 amide bonds. The highest BCUT2D eigenvalue weighted by molar-refractivity contribution is 7.09. The topological polar surface area (TPSA) is 41.6 Å². The maximum Gasteiger partial charge on any atom is 0.238 e. The molecule has 1 N–H and O–H groups in total. The summed E-state index contributed by atoms with van der Waals surface area (Å²) < 4.78 is 5.23. The first kappa shape index (κ1) is 16.8. The molecule has 0 fully saturated rings. The Hall–Kier alpha value is -1.56. The van der Waals surface area contributed by atoms with E-state index in [-0.39, 0.29) is 5.91 Å². The first-order valence-electron chi connectivity index (χ1n) is 7.00. The van der Waals surface area contributed by atoms with Crippen LogP contribution in [0.25, 0.3) is 0 Å². The second-order valence-electron chi connectivity index (χ2n) is 4.78. The van der Waals surface area contributed by atoms with Crippen LogP contribution in [0.3, 0.4) is 0 Å². The fourth-order valence-corrected chi connectivity index (χ4v) is 2.99. The van der Waals surface area contributed by atoms with E-state index in [0.717, 1.165) is 13.1 Å². The molecule has 22 heavy (non-hydrogen) atoms. The first-order valence-corrected chi connectivity index (χ1v) is 8.26. The highest BCUT2D eigenvalue weighted by Crippen LogP contribution is 2.27. The van der Waals surface area contributed by atoms with E-state index < -0.39 is 0 Å². The standard InChI is InChI=1S/C16H19ClN2O2S/c1-3-19(10-13-5-4-8-22-13)11-16(20)18-14-9-12(17)6-7-15(14)21-2/h4-9H,3,10-11H2,1-2H3,(H,18,20). The third-order valence-corrected chi connectivity index (χ3v) is 4.31. The minimum Gasteiger partial charge on any atom is -0.495 e. The van der Waals surface area contributed by atoms with E-state index in [2.05, 4.69) is 16.3 Å². The van der Waals surface area contributed by atoms with Gasteiger partial charge in [0.05, 0.1) is 19.3 Å². The number of likely N-dealkylation sites (N-methyl/N-ethyl adjacent to an activating group) is 1. The highest BCUT2D eigenvalue weighted by atomic mass is 35.5. The Balaban J connectivity index is 1.98. The summed E-state index contributed by atoms with van der Waals surface area (Å²) in [5, 5.41) is 5.46. The van der Waals surface area contributed by atoms with Crippen molar-refractivity contribution in [2.24, 2.45) is 0 Å². The van der Waals surface area contributed by atoms with Crippen LogP contribution < -0.4 is 10.1 Å². The predicted molar refractivity (Wildman–Crippen MR) is 91.9 cm³/mol. The van der Waals surface area contributed by atoms with Crippen LogP contribution in [0.5, 0.6) is 5.75 Å². The van der Waals surface area contributed by atoms with Crippen molar-refractivity contribution in [2.75, 3.05) is 25.5 Å². The van der Waals surface area contributed by atoms with E-state index in [0.29, 0.717) is 23.0 Å². The summed E-state index contributed by atoms with van der Waals surface area (Å²) in [5.74, 6) is 0.512. The summed E-state index contributed by atoms with van der Waals surface area (Å²) >= 11 is 7.66. The molecule has 0 saturated heterocycles. The molecule has 0 aliphatic heterocycles. The molecule has 0 aliphatic carbocycles. The second kappa shape index (κ2) is 8.17. The quantitative estimate of drug-likeness (QED) is 0.833. The summed E-state index contributed by atoms with van der Waals surface area (Å²) in [6.07, 6.45) is 0. The number of carbonyl (C=O) groups excluding carboxylic acids is 1. The molecular formula is C16H19ClN2O2S. The summed E-state index contributed by atoms with van der Waals surface area (Å²) in [7, 11) is 1.56. The highest BCUT2D eigenvalue weighted by Gasteiger charge is 2.13. The Labute approximate surface area is 139 Å². The zero-order chi connectivity index (χ0) is 15.9. The Kier molecular flexibility index (Phi) is 6.24. The second-order valence-corrected chi connectivity index (χ2v) is 6.24. The van der Waals surface area contributed by atoms with Gasteiger partial charge in [-0.05, 0) is 36.2 Å². The fourth-order valence-electron chi connectivity index (χ4n) is 2.07. The van der Waals surface area contributed by atoms with Crippen molar-refractivity contribution in [2.45, 2.75) is 13.5 Å². The molecule has 4 nitrogen and oxygen atoms in total. The number of thiophene rings is 1. The molecule has 0 bridgehead atoms. The summed E-state index contributed by atoms with van der Waals surface area (Å²) in [4.78, 5) is 15.6. The number of methoxy groups -OCH3 is 1. The van der Waals surface area contributed by atoms with E-state index in [4.69, 9.17) is 16.3 Å². The van der Waals surface area contributed by atoms with Crippen molar-refractivity contribution in [1.82, 2.24) is 4.90 Å². The van der Waals surface area contributed by atoms with Crippen LogP contribution in [0, 0.1) is 0 Å². The lowest BCUT2D eigenvalue weighted by Gasteiger charge is -2.19. The fraction of sp³-hybridized carbons (Fsp3) is 0.312. The molecule has 0 saturated carbocycles. The molecule has 6 heteroatoms. The average Bonchev–Trinajstić information content (AvgIpc) is 2.99. The summed E-state index contributed by atoms with van der Waals surface area (Å²) in [6, 6.07) is 9.25. The van der Waals surface area contributed by atoms with E-state index in [1.54, 1.807) is 36.6 Å². The van der Waals surface area contributed by atoms with Crippen LogP contribution in [-0.4, -0.2) is 31.0 Å². The zero-order valence-electron chi connectivity index (χ0n) is 12.6. The minimum atomic E-state index is -0.0843. The van der Waals surface area contributed by atoms with Gasteiger partial charge < -0.3 is 10.1 Å². The molecule has 0 atom stereocenters.